The summed E-state index contributed by atoms with van der Waals surface area (Å²) in [6.07, 6.45) is 4.70. The minimum atomic E-state index is -0.259. The molecule has 1 aliphatic heterocycles. The van der Waals surface area contributed by atoms with Gasteiger partial charge in [-0.15, -0.1) is 0 Å². The average Bonchev–Trinajstić information content (AvgIpc) is 3.03. The van der Waals surface area contributed by atoms with Crippen LogP contribution in [0.1, 0.15) is 112 Å². The summed E-state index contributed by atoms with van der Waals surface area (Å²) >= 11 is 11.1. The highest BCUT2D eigenvalue weighted by molar-refractivity contribution is 6.38. The van der Waals surface area contributed by atoms with Crippen molar-refractivity contribution in [3.63, 3.8) is 0 Å². The van der Waals surface area contributed by atoms with Gasteiger partial charge < -0.3 is 21.1 Å². The number of carbonyl (C=O) groups is 2. The smallest absolute Gasteiger partial charge is 0.265 e. The number of hydrazine groups is 1. The summed E-state index contributed by atoms with van der Waals surface area (Å²) in [6, 6.07) is 17.3. The third-order valence-corrected chi connectivity index (χ3v) is 8.30. The van der Waals surface area contributed by atoms with E-state index in [1.54, 1.807) is 25.1 Å². The van der Waals surface area contributed by atoms with Crippen LogP contribution in [0.2, 0.25) is 10.0 Å². The second-order valence-corrected chi connectivity index (χ2v) is 15.7. The molecule has 3 unspecified atom stereocenters. The Labute approximate surface area is 311 Å². The molecule has 9 N–H and O–H groups in total. The number of aliphatic imine (C=N–C) groups is 1. The maximum Gasteiger partial charge on any atom is 0.265 e. The van der Waals surface area contributed by atoms with Crippen molar-refractivity contribution < 1.29 is 14.3 Å². The van der Waals surface area contributed by atoms with Crippen molar-refractivity contribution in [3.8, 4) is 0 Å². The number of carbonyl (C=O) groups excluding carboxylic acids is 2. The summed E-state index contributed by atoms with van der Waals surface area (Å²) in [5.41, 5.74) is 6.79. The lowest BCUT2D eigenvalue weighted by atomic mass is 9.78. The lowest BCUT2D eigenvalue weighted by molar-refractivity contribution is -0.120. The fourth-order valence-corrected chi connectivity index (χ4v) is 5.30. The van der Waals surface area contributed by atoms with Gasteiger partial charge in [-0.1, -0.05) is 108 Å². The molecule has 0 radical (unpaired) electrons. The highest BCUT2D eigenvalue weighted by atomic mass is 35.5. The minimum Gasteiger partial charge on any atom is -0.388 e. The van der Waals surface area contributed by atoms with Crippen molar-refractivity contribution in [2.24, 2.45) is 33.2 Å². The Hall–Kier alpha value is -3.02. The van der Waals surface area contributed by atoms with E-state index >= 15 is 0 Å². The van der Waals surface area contributed by atoms with Crippen LogP contribution in [-0.4, -0.2) is 48.2 Å². The van der Waals surface area contributed by atoms with E-state index in [0.717, 1.165) is 31.2 Å². The molecule has 0 aromatic heterocycles. The summed E-state index contributed by atoms with van der Waals surface area (Å²) in [6.45, 7) is 20.3. The SMILES string of the molecule is CC(=NC1(C)CCOC(C(C)(C)C)C1)C(=O)NC(CCC(C)(C)C)c1ccccc1.CCC(=O)NCCC(=N)N.Clc1cccc(Cl)c1.NN. The predicted octanol–water partition coefficient (Wildman–Crippen LogP) is 7.77. The first kappa shape index (κ1) is 47.0. The van der Waals surface area contributed by atoms with Crippen LogP contribution in [0, 0.1) is 16.2 Å². The number of amides is 2. The highest BCUT2D eigenvalue weighted by Crippen LogP contribution is 2.37. The van der Waals surface area contributed by atoms with Gasteiger partial charge >= 0.3 is 0 Å². The van der Waals surface area contributed by atoms with Crippen LogP contribution in [0.3, 0.4) is 0 Å². The normalized spacial score (nSPS) is 18.0. The highest BCUT2D eigenvalue weighted by Gasteiger charge is 2.38. The molecular weight excluding hydrogens is 673 g/mol. The van der Waals surface area contributed by atoms with E-state index in [-0.39, 0.29) is 46.2 Å². The maximum absolute atomic E-state index is 13.1. The number of nitrogens with zero attached hydrogens (tertiary/aromatic N) is 1. The Morgan fingerprint density at radius 3 is 2.08 bits per heavy atom. The second-order valence-electron chi connectivity index (χ2n) is 14.8. The summed E-state index contributed by atoms with van der Waals surface area (Å²) in [5.74, 6) is 8.04. The Morgan fingerprint density at radius 2 is 1.62 bits per heavy atom. The third kappa shape index (κ3) is 21.3. The van der Waals surface area contributed by atoms with Gasteiger partial charge in [-0.2, -0.15) is 0 Å². The molecule has 0 spiro atoms. The largest absolute Gasteiger partial charge is 0.388 e. The molecule has 12 heteroatoms. The van der Waals surface area contributed by atoms with Crippen LogP contribution >= 0.6 is 23.2 Å². The van der Waals surface area contributed by atoms with Crippen LogP contribution in [0.5, 0.6) is 0 Å². The van der Waals surface area contributed by atoms with E-state index in [1.807, 2.05) is 31.2 Å². The summed E-state index contributed by atoms with van der Waals surface area (Å²) in [4.78, 5) is 28.6. The molecule has 2 aromatic rings. The molecule has 1 heterocycles. The number of amidine groups is 1. The predicted molar refractivity (Wildman–Crippen MR) is 211 cm³/mol. The Morgan fingerprint density at radius 1 is 1.04 bits per heavy atom. The number of hydrogen-bond acceptors (Lipinski definition) is 7. The molecule has 3 atom stereocenters. The van der Waals surface area contributed by atoms with Gasteiger partial charge in [0.2, 0.25) is 5.91 Å². The zero-order valence-corrected chi connectivity index (χ0v) is 33.2. The zero-order chi connectivity index (χ0) is 38.5. The Balaban J connectivity index is 0.000000973. The summed E-state index contributed by atoms with van der Waals surface area (Å²) in [5, 5.41) is 14.0. The maximum atomic E-state index is 13.1. The molecule has 0 bridgehead atoms. The second kappa shape index (κ2) is 23.5. The Kier molecular flexibility index (Phi) is 22.0. The van der Waals surface area contributed by atoms with E-state index in [9.17, 15) is 9.59 Å². The zero-order valence-electron chi connectivity index (χ0n) is 31.7. The van der Waals surface area contributed by atoms with Gasteiger partial charge in [0.15, 0.2) is 0 Å². The lowest BCUT2D eigenvalue weighted by Crippen LogP contribution is -2.44. The fourth-order valence-electron chi connectivity index (χ4n) is 4.86. The molecule has 2 aromatic carbocycles. The van der Waals surface area contributed by atoms with Crippen molar-refractivity contribution >= 4 is 46.6 Å². The van der Waals surface area contributed by atoms with E-state index in [0.29, 0.717) is 41.8 Å². The van der Waals surface area contributed by atoms with Crippen molar-refractivity contribution in [2.75, 3.05) is 13.2 Å². The third-order valence-electron chi connectivity index (χ3n) is 7.83. The monoisotopic (exact) mass is 735 g/mol. The molecule has 2 amide bonds. The van der Waals surface area contributed by atoms with Gasteiger partial charge in [0.25, 0.3) is 5.91 Å². The van der Waals surface area contributed by atoms with E-state index in [1.165, 1.54) is 0 Å². The number of ether oxygens (including phenoxy) is 1. The van der Waals surface area contributed by atoms with Crippen LogP contribution in [0.15, 0.2) is 59.6 Å². The molecular formula is C38H63Cl2N7O3. The van der Waals surface area contributed by atoms with Crippen molar-refractivity contribution in [1.29, 1.82) is 5.41 Å². The number of hydrogen-bond donors (Lipinski definition) is 6. The van der Waals surface area contributed by atoms with Crippen molar-refractivity contribution in [2.45, 2.75) is 119 Å². The molecule has 10 nitrogen and oxygen atoms in total. The quantitative estimate of drug-likeness (QED) is 0.0627. The van der Waals surface area contributed by atoms with Gasteiger partial charge in [-0.25, -0.2) is 0 Å². The van der Waals surface area contributed by atoms with Crippen molar-refractivity contribution in [1.82, 2.24) is 10.6 Å². The molecule has 0 aliphatic carbocycles. The standard InChI is InChI=1S/C26H42N2O2.C6H4Cl2.C6H13N3O.H4N2/c1-19(28-26(8)16-17-30-22(18-26)25(5,6)7)23(29)27-21(14-15-24(2,3)4)20-12-10-9-11-13-20;7-5-2-1-3-6(8)4-5;1-2-6(10)9-4-3-5(7)8;1-2/h9-13,21-22H,14-18H2,1-8H3,(H,27,29);1-4H;2-4H2,1H3,(H3,7,8)(H,9,10);1-2H2. The topological polar surface area (TPSA) is 182 Å². The summed E-state index contributed by atoms with van der Waals surface area (Å²) < 4.78 is 6.00. The van der Waals surface area contributed by atoms with Gasteiger partial charge in [0.1, 0.15) is 0 Å². The van der Waals surface area contributed by atoms with Crippen LogP contribution in [0.25, 0.3) is 0 Å². The molecule has 0 saturated carbocycles. The molecule has 1 fully saturated rings. The number of halogens is 2. The van der Waals surface area contributed by atoms with E-state index in [4.69, 9.17) is 44.1 Å². The van der Waals surface area contributed by atoms with Gasteiger partial charge in [0.05, 0.1) is 29.2 Å². The molecule has 1 aliphatic rings. The summed E-state index contributed by atoms with van der Waals surface area (Å²) in [7, 11) is 0. The molecule has 282 valence electrons. The molecule has 50 heavy (non-hydrogen) atoms. The first-order valence-corrected chi connectivity index (χ1v) is 17.9. The minimum absolute atomic E-state index is 0.00116. The van der Waals surface area contributed by atoms with E-state index in [2.05, 4.69) is 82.9 Å². The van der Waals surface area contributed by atoms with Gasteiger partial charge in [0, 0.05) is 36.0 Å². The number of nitrogens with one attached hydrogen (secondary N) is 3. The first-order valence-electron chi connectivity index (χ1n) is 17.1. The first-order chi connectivity index (χ1) is 23.2. The number of nitrogens with two attached hydrogens (primary N) is 3. The van der Waals surface area contributed by atoms with Crippen molar-refractivity contribution in [3.05, 3.63) is 70.2 Å². The molecule has 3 rings (SSSR count). The Bertz CT molecular complexity index is 1310. The number of rotatable bonds is 10. The fraction of sp³-hybridized carbons (Fsp3) is 0.579. The van der Waals surface area contributed by atoms with Crippen LogP contribution in [-0.2, 0) is 14.3 Å². The lowest BCUT2D eigenvalue weighted by Gasteiger charge is -2.41. The van der Waals surface area contributed by atoms with Crippen LogP contribution < -0.4 is 28.1 Å². The average molecular weight is 737 g/mol. The van der Waals surface area contributed by atoms with E-state index < -0.39 is 0 Å². The molecule has 1 saturated heterocycles. The van der Waals surface area contributed by atoms with Gasteiger partial charge in [-0.05, 0) is 74.1 Å². The number of benzene rings is 2. The van der Waals surface area contributed by atoms with Crippen LogP contribution in [0.4, 0.5) is 0 Å². The van der Waals surface area contributed by atoms with Gasteiger partial charge in [-0.3, -0.25) is 31.7 Å².